The molecule has 2 aliphatic heterocycles. The summed E-state index contributed by atoms with van der Waals surface area (Å²) in [6.45, 7) is 4.24. The fourth-order valence-corrected chi connectivity index (χ4v) is 5.68. The van der Waals surface area contributed by atoms with Crippen molar-refractivity contribution in [2.45, 2.75) is 6.54 Å². The quantitative estimate of drug-likeness (QED) is 0.193. The number of carbonyl (C=O) groups excluding carboxylic acids is 1. The minimum absolute atomic E-state index is 0. The lowest BCUT2D eigenvalue weighted by Gasteiger charge is -2.34. The lowest BCUT2D eigenvalue weighted by Crippen LogP contribution is -2.49. The van der Waals surface area contributed by atoms with Crippen LogP contribution in [0.5, 0.6) is 34.5 Å². The summed E-state index contributed by atoms with van der Waals surface area (Å²) < 4.78 is 32.0. The maximum atomic E-state index is 12.6. The summed E-state index contributed by atoms with van der Waals surface area (Å²) in [5.74, 6) is 3.05. The molecule has 1 amide bonds. The van der Waals surface area contributed by atoms with E-state index in [4.69, 9.17) is 39.7 Å². The van der Waals surface area contributed by atoms with Crippen molar-refractivity contribution in [2.75, 3.05) is 53.8 Å². The summed E-state index contributed by atoms with van der Waals surface area (Å²) in [6.07, 6.45) is 1.37. The number of fused-ring (bicyclic) bond motifs is 2. The van der Waals surface area contributed by atoms with Gasteiger partial charge in [0, 0.05) is 37.7 Å². The van der Waals surface area contributed by atoms with E-state index in [0.29, 0.717) is 40.6 Å². The number of nitrogens with zero attached hydrogens (tertiary/aromatic N) is 2. The van der Waals surface area contributed by atoms with E-state index in [9.17, 15) is 14.7 Å². The zero-order valence-electron chi connectivity index (χ0n) is 27.4. The minimum atomic E-state index is -0.190. The van der Waals surface area contributed by atoms with Gasteiger partial charge in [0.05, 0.1) is 25.2 Å². The number of methoxy groups -OCH3 is 2. The molecular weight excluding hydrogens is 687 g/mol. The zero-order chi connectivity index (χ0) is 34.3. The van der Waals surface area contributed by atoms with Crippen LogP contribution >= 0.6 is 24.0 Å². The van der Waals surface area contributed by atoms with Crippen LogP contribution in [-0.2, 0) is 11.3 Å². The van der Waals surface area contributed by atoms with Crippen LogP contribution in [0, 0.1) is 0 Å². The Morgan fingerprint density at radius 2 is 1.56 bits per heavy atom. The Morgan fingerprint density at radius 3 is 2.26 bits per heavy atom. The molecular formula is C37H36Cl2N2O9. The lowest BCUT2D eigenvalue weighted by molar-refractivity contribution is -0.135. The summed E-state index contributed by atoms with van der Waals surface area (Å²) in [7, 11) is 2.99. The van der Waals surface area contributed by atoms with Gasteiger partial charge in [0.1, 0.15) is 17.8 Å². The van der Waals surface area contributed by atoms with Gasteiger partial charge in [0.2, 0.25) is 18.0 Å². The van der Waals surface area contributed by atoms with Crippen molar-refractivity contribution in [1.29, 1.82) is 0 Å². The highest BCUT2D eigenvalue weighted by molar-refractivity contribution is 6.30. The molecule has 2 aliphatic rings. The number of hydrogen-bond acceptors (Lipinski definition) is 10. The number of rotatable bonds is 8. The molecule has 0 unspecified atom stereocenters. The second kappa shape index (κ2) is 16.5. The third kappa shape index (κ3) is 8.36. The smallest absolute Gasteiger partial charge is 0.260 e. The largest absolute Gasteiger partial charge is 0.504 e. The number of halogens is 2. The average molecular weight is 724 g/mol. The predicted octanol–water partition coefficient (Wildman–Crippen LogP) is 6.40. The molecule has 0 aliphatic carbocycles. The SMILES string of the molecule is COc1ccc(-c2coc3c(OC)c(O)ccc3c2=O)cc1.Cl.O=C(COc1ccc(Cl)cc1)N1CCN(Cc2ccc3c(c2)OCO3)CC1. The molecule has 1 N–H and O–H groups in total. The van der Waals surface area contributed by atoms with Crippen molar-refractivity contribution in [3.8, 4) is 45.6 Å². The Morgan fingerprint density at radius 1 is 0.860 bits per heavy atom. The van der Waals surface area contributed by atoms with E-state index >= 15 is 0 Å². The second-order valence-corrected chi connectivity index (χ2v) is 11.7. The first kappa shape index (κ1) is 36.2. The van der Waals surface area contributed by atoms with Crippen LogP contribution in [0.2, 0.25) is 5.02 Å². The van der Waals surface area contributed by atoms with Crippen molar-refractivity contribution >= 4 is 40.9 Å². The van der Waals surface area contributed by atoms with E-state index in [1.807, 2.05) is 17.0 Å². The predicted molar refractivity (Wildman–Crippen MR) is 191 cm³/mol. The van der Waals surface area contributed by atoms with E-state index in [2.05, 4.69) is 11.0 Å². The average Bonchev–Trinajstić information content (AvgIpc) is 3.60. The second-order valence-electron chi connectivity index (χ2n) is 11.3. The number of piperazine rings is 1. The van der Waals surface area contributed by atoms with Gasteiger partial charge in [0.15, 0.2) is 29.4 Å². The highest BCUT2D eigenvalue weighted by atomic mass is 35.5. The van der Waals surface area contributed by atoms with Crippen LogP contribution < -0.4 is 29.1 Å². The Kier molecular flexibility index (Phi) is 12.0. The molecule has 50 heavy (non-hydrogen) atoms. The van der Waals surface area contributed by atoms with Gasteiger partial charge in [0.25, 0.3) is 5.91 Å². The number of hydrogen-bond donors (Lipinski definition) is 1. The van der Waals surface area contributed by atoms with Crippen molar-refractivity contribution in [3.05, 3.63) is 106 Å². The van der Waals surface area contributed by atoms with E-state index in [0.717, 1.165) is 36.7 Å². The van der Waals surface area contributed by atoms with Gasteiger partial charge in [-0.05, 0) is 71.8 Å². The molecule has 262 valence electrons. The highest BCUT2D eigenvalue weighted by Crippen LogP contribution is 2.35. The van der Waals surface area contributed by atoms with Crippen LogP contribution in [0.25, 0.3) is 22.1 Å². The number of ether oxygens (including phenoxy) is 5. The first-order valence-electron chi connectivity index (χ1n) is 15.6. The van der Waals surface area contributed by atoms with Gasteiger partial charge in [-0.3, -0.25) is 14.5 Å². The molecule has 4 aromatic carbocycles. The molecule has 0 spiro atoms. The molecule has 1 aromatic heterocycles. The summed E-state index contributed by atoms with van der Waals surface area (Å²) in [5.41, 5.74) is 2.38. The maximum absolute atomic E-state index is 12.6. The van der Waals surface area contributed by atoms with E-state index in [1.165, 1.54) is 31.1 Å². The lowest BCUT2D eigenvalue weighted by atomic mass is 10.1. The summed E-state index contributed by atoms with van der Waals surface area (Å²) in [5, 5.41) is 10.7. The van der Waals surface area contributed by atoms with Crippen molar-refractivity contribution < 1.29 is 38.0 Å². The Balaban J connectivity index is 0.000000195. The summed E-state index contributed by atoms with van der Waals surface area (Å²) in [4.78, 5) is 29.2. The molecule has 3 heterocycles. The van der Waals surface area contributed by atoms with Gasteiger partial charge in [-0.25, -0.2) is 0 Å². The molecule has 0 saturated carbocycles. The van der Waals surface area contributed by atoms with Gasteiger partial charge in [-0.1, -0.05) is 29.8 Å². The van der Waals surface area contributed by atoms with Crippen molar-refractivity contribution in [2.24, 2.45) is 0 Å². The molecule has 7 rings (SSSR count). The molecule has 1 saturated heterocycles. The molecule has 5 aromatic rings. The molecule has 13 heteroatoms. The Labute approximate surface area is 299 Å². The van der Waals surface area contributed by atoms with Crippen LogP contribution in [0.4, 0.5) is 0 Å². The summed E-state index contributed by atoms with van der Waals surface area (Å²) >= 11 is 5.85. The molecule has 11 nitrogen and oxygen atoms in total. The van der Waals surface area contributed by atoms with Crippen LogP contribution in [0.3, 0.4) is 0 Å². The fraction of sp³-hybridized carbons (Fsp3) is 0.243. The molecule has 0 radical (unpaired) electrons. The zero-order valence-corrected chi connectivity index (χ0v) is 29.0. The van der Waals surface area contributed by atoms with Gasteiger partial charge < -0.3 is 38.1 Å². The van der Waals surface area contributed by atoms with Gasteiger partial charge >= 0.3 is 0 Å². The number of carbonyl (C=O) groups is 1. The molecule has 0 atom stereocenters. The van der Waals surface area contributed by atoms with Crippen LogP contribution in [-0.4, -0.2) is 74.6 Å². The van der Waals surface area contributed by atoms with Gasteiger partial charge in [-0.2, -0.15) is 0 Å². The Hall–Kier alpha value is -5.10. The van der Waals surface area contributed by atoms with Gasteiger partial charge in [-0.15, -0.1) is 12.4 Å². The van der Waals surface area contributed by atoms with E-state index in [-0.39, 0.29) is 54.2 Å². The topological polar surface area (TPSA) is 120 Å². The van der Waals surface area contributed by atoms with E-state index in [1.54, 1.807) is 55.6 Å². The Bertz CT molecular complexity index is 1980. The number of phenolic OH excluding ortho intramolecular Hbond substituents is 1. The highest BCUT2D eigenvalue weighted by Gasteiger charge is 2.22. The third-order valence-electron chi connectivity index (χ3n) is 8.22. The number of phenols is 1. The molecule has 1 fully saturated rings. The fourth-order valence-electron chi connectivity index (χ4n) is 5.55. The maximum Gasteiger partial charge on any atom is 0.260 e. The minimum Gasteiger partial charge on any atom is -0.504 e. The van der Waals surface area contributed by atoms with Crippen LogP contribution in [0.15, 0.2) is 94.3 Å². The van der Waals surface area contributed by atoms with Crippen molar-refractivity contribution in [1.82, 2.24) is 9.80 Å². The molecule has 0 bridgehead atoms. The normalized spacial score (nSPS) is 13.5. The first-order chi connectivity index (χ1) is 23.8. The first-order valence-corrected chi connectivity index (χ1v) is 15.9. The number of aromatic hydroxyl groups is 1. The van der Waals surface area contributed by atoms with E-state index < -0.39 is 0 Å². The number of benzene rings is 4. The standard InChI is InChI=1S/C20H21ClN2O4.C17H14O5.ClH/c21-16-2-4-17(5-3-16)25-13-20(24)23-9-7-22(8-10-23)12-15-1-6-18-19(11-15)27-14-26-18;1-20-11-5-3-10(4-6-11)13-9-22-16-12(15(13)19)7-8-14(18)17(16)21-2;/h1-6,11H,7-10,12-14H2;3-9,18H,1-2H3;1H. The summed E-state index contributed by atoms with van der Waals surface area (Å²) in [6, 6.07) is 23.1. The third-order valence-corrected chi connectivity index (χ3v) is 8.48. The number of amides is 1. The monoisotopic (exact) mass is 722 g/mol. The van der Waals surface area contributed by atoms with Crippen LogP contribution in [0.1, 0.15) is 5.56 Å². The van der Waals surface area contributed by atoms with Crippen molar-refractivity contribution in [3.63, 3.8) is 0 Å².